The van der Waals surface area contributed by atoms with Crippen LogP contribution in [0.25, 0.3) is 0 Å². The molecule has 4 rings (SSSR count). The van der Waals surface area contributed by atoms with Gasteiger partial charge in [0.25, 0.3) is 11.8 Å². The summed E-state index contributed by atoms with van der Waals surface area (Å²) in [6.07, 6.45) is 3.91. The summed E-state index contributed by atoms with van der Waals surface area (Å²) in [6.45, 7) is 4.78. The normalized spacial score (nSPS) is 21.3. The highest BCUT2D eigenvalue weighted by atomic mass is 32.2. The second kappa shape index (κ2) is 9.85. The molecule has 9 heteroatoms. The van der Waals surface area contributed by atoms with Gasteiger partial charge in [-0.15, -0.1) is 11.3 Å². The average Bonchev–Trinajstić information content (AvgIpc) is 3.30. The van der Waals surface area contributed by atoms with E-state index in [0.29, 0.717) is 40.8 Å². The molecule has 0 radical (unpaired) electrons. The van der Waals surface area contributed by atoms with E-state index in [1.165, 1.54) is 11.3 Å². The molecule has 0 spiro atoms. The van der Waals surface area contributed by atoms with Gasteiger partial charge in [0.15, 0.2) is 9.84 Å². The third kappa shape index (κ3) is 5.58. The fourth-order valence-corrected chi connectivity index (χ4v) is 7.44. The van der Waals surface area contributed by atoms with Crippen molar-refractivity contribution in [3.63, 3.8) is 0 Å². The molecule has 0 bridgehead atoms. The lowest BCUT2D eigenvalue weighted by molar-refractivity contribution is 0.0941. The Balaban J connectivity index is 1.58. The van der Waals surface area contributed by atoms with E-state index < -0.39 is 15.9 Å². The molecule has 2 heterocycles. The predicted molar refractivity (Wildman–Crippen MR) is 130 cm³/mol. The van der Waals surface area contributed by atoms with Gasteiger partial charge in [0.2, 0.25) is 0 Å². The van der Waals surface area contributed by atoms with Crippen molar-refractivity contribution in [3.05, 3.63) is 45.8 Å². The topological polar surface area (TPSA) is 102 Å². The van der Waals surface area contributed by atoms with Crippen LogP contribution in [-0.2, 0) is 22.7 Å². The monoisotopic (exact) mass is 490 g/mol. The van der Waals surface area contributed by atoms with Gasteiger partial charge < -0.3 is 15.4 Å². The molecule has 1 aromatic heterocycles. The number of nitrogens with one attached hydrogen (secondary N) is 2. The van der Waals surface area contributed by atoms with E-state index in [4.69, 9.17) is 4.74 Å². The van der Waals surface area contributed by atoms with Gasteiger partial charge in [-0.1, -0.05) is 19.9 Å². The van der Waals surface area contributed by atoms with Crippen LogP contribution in [0.5, 0.6) is 5.75 Å². The number of carbonyl (C=O) groups excluding carboxylic acids is 2. The van der Waals surface area contributed by atoms with Crippen LogP contribution in [-0.4, -0.2) is 44.4 Å². The number of hydrogen-bond donors (Lipinski definition) is 2. The molecule has 178 valence electrons. The van der Waals surface area contributed by atoms with Crippen LogP contribution in [0, 0.1) is 5.92 Å². The first-order valence-electron chi connectivity index (χ1n) is 11.5. The fraction of sp³-hybridized carbons (Fsp3) is 0.500. The molecule has 1 aromatic carbocycles. The van der Waals surface area contributed by atoms with E-state index in [0.717, 1.165) is 36.1 Å². The van der Waals surface area contributed by atoms with Crippen LogP contribution >= 0.6 is 11.3 Å². The number of carbonyl (C=O) groups is 2. The molecule has 2 unspecified atom stereocenters. The molecule has 1 aliphatic carbocycles. The van der Waals surface area contributed by atoms with Gasteiger partial charge in [-0.25, -0.2) is 8.42 Å². The first kappa shape index (κ1) is 23.8. The average molecular weight is 491 g/mol. The molecule has 1 saturated heterocycles. The summed E-state index contributed by atoms with van der Waals surface area (Å²) in [4.78, 5) is 27.4. The summed E-state index contributed by atoms with van der Waals surface area (Å²) in [5.74, 6) is 0.596. The van der Waals surface area contributed by atoms with Gasteiger partial charge in [0.1, 0.15) is 10.8 Å². The quantitative estimate of drug-likeness (QED) is 0.614. The van der Waals surface area contributed by atoms with Gasteiger partial charge in [-0.3, -0.25) is 9.59 Å². The smallest absolute Gasteiger partial charge is 0.256 e. The highest BCUT2D eigenvalue weighted by Gasteiger charge is 2.33. The van der Waals surface area contributed by atoms with E-state index in [9.17, 15) is 18.0 Å². The maximum atomic E-state index is 13.3. The van der Waals surface area contributed by atoms with Crippen LogP contribution < -0.4 is 15.4 Å². The molecule has 2 atom stereocenters. The number of ether oxygens (including phenoxy) is 1. The zero-order valence-electron chi connectivity index (χ0n) is 19.0. The van der Waals surface area contributed by atoms with Crippen LogP contribution in [0.15, 0.2) is 24.3 Å². The second-order valence-corrected chi connectivity index (χ2v) is 12.3. The van der Waals surface area contributed by atoms with Crippen molar-refractivity contribution in [1.29, 1.82) is 0 Å². The number of benzene rings is 1. The molecule has 1 fully saturated rings. The molecular formula is C24H30N2O5S2. The highest BCUT2D eigenvalue weighted by molar-refractivity contribution is 7.91. The first-order chi connectivity index (χ1) is 15.8. The summed E-state index contributed by atoms with van der Waals surface area (Å²) >= 11 is 1.45. The molecule has 7 nitrogen and oxygen atoms in total. The van der Waals surface area contributed by atoms with E-state index >= 15 is 0 Å². The Morgan fingerprint density at radius 2 is 2.03 bits per heavy atom. The fourth-order valence-electron chi connectivity index (χ4n) is 4.37. The third-order valence-corrected chi connectivity index (χ3v) is 9.04. The Hall–Kier alpha value is -2.39. The third-order valence-electron chi connectivity index (χ3n) is 6.10. The van der Waals surface area contributed by atoms with Crippen molar-refractivity contribution < 1.29 is 22.7 Å². The number of anilines is 1. The standard InChI is InChI=1S/C24H30N2O5S2/c1-3-10-31-18-6-4-5-16(13-18)22(27)26-24-21(19-8-7-15(2)12-20(19)32-24)23(28)25-17-9-11-33(29,30)14-17/h4-6,13,15,17H,3,7-12,14H2,1-2H3,(H,25,28)(H,26,27). The van der Waals surface area contributed by atoms with E-state index in [1.807, 2.05) is 13.0 Å². The summed E-state index contributed by atoms with van der Waals surface area (Å²) < 4.78 is 29.3. The van der Waals surface area contributed by atoms with Gasteiger partial charge >= 0.3 is 0 Å². The number of thiophene rings is 1. The molecular weight excluding hydrogens is 460 g/mol. The van der Waals surface area contributed by atoms with Crippen LogP contribution in [0.2, 0.25) is 0 Å². The lowest BCUT2D eigenvalue weighted by Crippen LogP contribution is -2.36. The van der Waals surface area contributed by atoms with E-state index in [1.54, 1.807) is 18.2 Å². The van der Waals surface area contributed by atoms with Gasteiger partial charge in [0.05, 0.1) is 23.7 Å². The number of sulfone groups is 1. The SMILES string of the molecule is CCCOc1cccc(C(=O)Nc2sc3c(c2C(=O)NC2CCS(=O)(=O)C2)CCC(C)C3)c1. The summed E-state index contributed by atoms with van der Waals surface area (Å²) in [5.41, 5.74) is 1.92. The largest absolute Gasteiger partial charge is 0.494 e. The maximum absolute atomic E-state index is 13.3. The summed E-state index contributed by atoms with van der Waals surface area (Å²) in [7, 11) is -3.10. The lowest BCUT2D eigenvalue weighted by atomic mass is 9.88. The molecule has 2 aromatic rings. The minimum atomic E-state index is -3.10. The number of rotatable bonds is 7. The minimum Gasteiger partial charge on any atom is -0.494 e. The maximum Gasteiger partial charge on any atom is 0.256 e. The Morgan fingerprint density at radius 1 is 1.21 bits per heavy atom. The Kier molecular flexibility index (Phi) is 7.09. The molecule has 0 saturated carbocycles. The molecule has 2 aliphatic rings. The summed E-state index contributed by atoms with van der Waals surface area (Å²) in [6, 6.07) is 6.61. The first-order valence-corrected chi connectivity index (χ1v) is 14.1. The Bertz CT molecular complexity index is 1160. The Morgan fingerprint density at radius 3 is 2.76 bits per heavy atom. The van der Waals surface area contributed by atoms with Gasteiger partial charge in [0, 0.05) is 16.5 Å². The molecule has 2 N–H and O–H groups in total. The van der Waals surface area contributed by atoms with Crippen LogP contribution in [0.1, 0.15) is 64.3 Å². The zero-order valence-corrected chi connectivity index (χ0v) is 20.6. The predicted octanol–water partition coefficient (Wildman–Crippen LogP) is 3.83. The minimum absolute atomic E-state index is 0.0334. The molecule has 33 heavy (non-hydrogen) atoms. The van der Waals surface area contributed by atoms with Gasteiger partial charge in [-0.2, -0.15) is 0 Å². The summed E-state index contributed by atoms with van der Waals surface area (Å²) in [5, 5.41) is 6.38. The van der Waals surface area contributed by atoms with Crippen molar-refractivity contribution in [1.82, 2.24) is 5.32 Å². The number of hydrogen-bond acceptors (Lipinski definition) is 6. The molecule has 1 aliphatic heterocycles. The van der Waals surface area contributed by atoms with Crippen LogP contribution in [0.4, 0.5) is 5.00 Å². The van der Waals surface area contributed by atoms with Gasteiger partial charge in [-0.05, 0) is 61.8 Å². The second-order valence-electron chi connectivity index (χ2n) is 8.96. The Labute approximate surface area is 198 Å². The van der Waals surface area contributed by atoms with Crippen molar-refractivity contribution >= 4 is 38.0 Å². The van der Waals surface area contributed by atoms with E-state index in [-0.39, 0.29) is 23.3 Å². The van der Waals surface area contributed by atoms with Crippen molar-refractivity contribution in [2.75, 3.05) is 23.4 Å². The van der Waals surface area contributed by atoms with Crippen molar-refractivity contribution in [2.45, 2.75) is 52.0 Å². The number of amides is 2. The highest BCUT2D eigenvalue weighted by Crippen LogP contribution is 2.40. The van der Waals surface area contributed by atoms with Crippen LogP contribution in [0.3, 0.4) is 0 Å². The van der Waals surface area contributed by atoms with Crippen molar-refractivity contribution in [2.24, 2.45) is 5.92 Å². The van der Waals surface area contributed by atoms with E-state index in [2.05, 4.69) is 17.6 Å². The lowest BCUT2D eigenvalue weighted by Gasteiger charge is -2.19. The number of fused-ring (bicyclic) bond motifs is 1. The zero-order chi connectivity index (χ0) is 23.6. The molecule has 2 amide bonds. The van der Waals surface area contributed by atoms with Crippen molar-refractivity contribution in [3.8, 4) is 5.75 Å².